The fraction of sp³-hybridized carbons (Fsp3) is 0.105. The lowest BCUT2D eigenvalue weighted by atomic mass is 10.1. The molecule has 1 N–H and O–H groups in total. The number of hydrogen-bond donors (Lipinski definition) is 1. The third-order valence-corrected chi connectivity index (χ3v) is 5.17. The van der Waals surface area contributed by atoms with Crippen molar-refractivity contribution in [1.29, 1.82) is 0 Å². The second-order valence-corrected chi connectivity index (χ2v) is 7.49. The topological polar surface area (TPSA) is 58.6 Å². The predicted molar refractivity (Wildman–Crippen MR) is 107 cm³/mol. The molecule has 0 atom stereocenters. The molecule has 5 nitrogen and oxygen atoms in total. The number of ether oxygens (including phenoxy) is 1. The Kier molecular flexibility index (Phi) is 5.94. The number of amides is 2. The zero-order valence-corrected chi connectivity index (χ0v) is 16.5. The summed E-state index contributed by atoms with van der Waals surface area (Å²) in [5, 5.41) is 0.895. The quantitative estimate of drug-likeness (QED) is 0.571. The van der Waals surface area contributed by atoms with E-state index in [2.05, 4.69) is 5.43 Å². The van der Waals surface area contributed by atoms with Gasteiger partial charge in [0.2, 0.25) is 0 Å². The average Bonchev–Trinajstić information content (AvgIpc) is 2.95. The minimum atomic E-state index is -4.49. The highest BCUT2D eigenvalue weighted by molar-refractivity contribution is 8.26. The Bertz CT molecular complexity index is 1000. The Balaban J connectivity index is 1.77. The first kappa shape index (κ1) is 20.9. The Morgan fingerprint density at radius 2 is 1.90 bits per heavy atom. The number of nitrogens with zero attached hydrogens (tertiary/aromatic N) is 1. The van der Waals surface area contributed by atoms with Crippen molar-refractivity contribution in [3.63, 3.8) is 0 Å². The van der Waals surface area contributed by atoms with Crippen molar-refractivity contribution in [1.82, 2.24) is 10.4 Å². The molecule has 2 aromatic rings. The molecule has 0 aliphatic carbocycles. The highest BCUT2D eigenvalue weighted by Gasteiger charge is 2.34. The number of hydrazine groups is 1. The number of benzene rings is 2. The van der Waals surface area contributed by atoms with Crippen LogP contribution in [0, 0.1) is 0 Å². The number of halogens is 3. The Morgan fingerprint density at radius 1 is 1.21 bits per heavy atom. The Labute approximate surface area is 173 Å². The summed E-state index contributed by atoms with van der Waals surface area (Å²) in [7, 11) is 1.49. The van der Waals surface area contributed by atoms with Gasteiger partial charge in [-0.1, -0.05) is 23.9 Å². The minimum Gasteiger partial charge on any atom is -0.497 e. The summed E-state index contributed by atoms with van der Waals surface area (Å²) < 4.78 is 43.7. The second-order valence-electron chi connectivity index (χ2n) is 5.81. The SMILES string of the molecule is COc1ccc(C(=O)NN2C(=O)C(=Cc3cccc(C(F)(F)F)c3)SC2=S)cc1. The first-order valence-electron chi connectivity index (χ1n) is 8.09. The van der Waals surface area contributed by atoms with Crippen molar-refractivity contribution in [2.45, 2.75) is 6.18 Å². The summed E-state index contributed by atoms with van der Waals surface area (Å²) in [5.74, 6) is -0.625. The monoisotopic (exact) mass is 438 g/mol. The second kappa shape index (κ2) is 8.26. The van der Waals surface area contributed by atoms with Crippen molar-refractivity contribution in [2.24, 2.45) is 0 Å². The van der Waals surface area contributed by atoms with E-state index in [1.165, 1.54) is 37.5 Å². The van der Waals surface area contributed by atoms with Crippen LogP contribution in [-0.2, 0) is 11.0 Å². The van der Waals surface area contributed by atoms with Crippen LogP contribution in [0.1, 0.15) is 21.5 Å². The van der Waals surface area contributed by atoms with E-state index in [1.807, 2.05) is 0 Å². The number of hydrogen-bond acceptors (Lipinski definition) is 5. The van der Waals surface area contributed by atoms with E-state index < -0.39 is 23.6 Å². The smallest absolute Gasteiger partial charge is 0.416 e. The van der Waals surface area contributed by atoms with Crippen LogP contribution in [-0.4, -0.2) is 28.3 Å². The standard InChI is InChI=1S/C19H13F3N2O3S2/c1-27-14-7-5-12(6-8-14)16(25)23-24-17(26)15(29-18(24)28)10-11-3-2-4-13(9-11)19(20,21)22/h2-10H,1H3,(H,23,25). The summed E-state index contributed by atoms with van der Waals surface area (Å²) >= 11 is 6.00. The molecule has 2 aromatic carbocycles. The van der Waals surface area contributed by atoms with Crippen LogP contribution in [0.3, 0.4) is 0 Å². The number of methoxy groups -OCH3 is 1. The van der Waals surface area contributed by atoms with E-state index in [9.17, 15) is 22.8 Å². The maximum Gasteiger partial charge on any atom is 0.416 e. The van der Waals surface area contributed by atoms with Crippen LogP contribution in [0.5, 0.6) is 5.75 Å². The van der Waals surface area contributed by atoms with Gasteiger partial charge in [-0.3, -0.25) is 15.0 Å². The molecule has 0 bridgehead atoms. The zero-order valence-electron chi connectivity index (χ0n) is 14.8. The number of thiocarbonyl (C=S) groups is 1. The van der Waals surface area contributed by atoms with Crippen LogP contribution in [0.2, 0.25) is 0 Å². The first-order valence-corrected chi connectivity index (χ1v) is 9.32. The largest absolute Gasteiger partial charge is 0.497 e. The van der Waals surface area contributed by atoms with Gasteiger partial charge in [-0.15, -0.1) is 0 Å². The van der Waals surface area contributed by atoms with Gasteiger partial charge in [0.15, 0.2) is 4.32 Å². The molecule has 0 radical (unpaired) electrons. The number of alkyl halides is 3. The molecule has 2 amide bonds. The van der Waals surface area contributed by atoms with Gasteiger partial charge in [0, 0.05) is 5.56 Å². The van der Waals surface area contributed by atoms with Gasteiger partial charge in [-0.2, -0.15) is 18.2 Å². The van der Waals surface area contributed by atoms with Gasteiger partial charge < -0.3 is 4.74 Å². The Hall–Kier alpha value is -2.85. The van der Waals surface area contributed by atoms with Crippen LogP contribution in [0.4, 0.5) is 13.2 Å². The van der Waals surface area contributed by atoms with Gasteiger partial charge >= 0.3 is 6.18 Å². The van der Waals surface area contributed by atoms with Crippen LogP contribution in [0.25, 0.3) is 6.08 Å². The van der Waals surface area contributed by atoms with Crippen LogP contribution < -0.4 is 10.2 Å². The van der Waals surface area contributed by atoms with Crippen molar-refractivity contribution in [3.05, 3.63) is 70.1 Å². The van der Waals surface area contributed by atoms with Gasteiger partial charge in [-0.25, -0.2) is 0 Å². The molecule has 1 aliphatic heterocycles. The van der Waals surface area contributed by atoms with Gasteiger partial charge in [0.1, 0.15) is 5.75 Å². The normalized spacial score (nSPS) is 15.7. The molecule has 1 fully saturated rings. The highest BCUT2D eigenvalue weighted by Crippen LogP contribution is 2.33. The fourth-order valence-corrected chi connectivity index (χ4v) is 3.61. The van der Waals surface area contributed by atoms with Crippen molar-refractivity contribution in [2.75, 3.05) is 7.11 Å². The van der Waals surface area contributed by atoms with E-state index in [0.717, 1.165) is 28.9 Å². The summed E-state index contributed by atoms with van der Waals surface area (Å²) in [5.41, 5.74) is 2.06. The third-order valence-electron chi connectivity index (χ3n) is 3.87. The molecule has 1 aliphatic rings. The number of thioether (sulfide) groups is 1. The molecule has 0 saturated carbocycles. The van der Waals surface area contributed by atoms with Crippen LogP contribution >= 0.6 is 24.0 Å². The maximum atomic E-state index is 12.9. The molecular weight excluding hydrogens is 425 g/mol. The van der Waals surface area contributed by atoms with Crippen molar-refractivity contribution >= 4 is 46.2 Å². The van der Waals surface area contributed by atoms with Gasteiger partial charge in [0.25, 0.3) is 11.8 Å². The minimum absolute atomic E-state index is 0.0649. The zero-order chi connectivity index (χ0) is 21.2. The first-order chi connectivity index (χ1) is 13.7. The molecule has 3 rings (SSSR count). The lowest BCUT2D eigenvalue weighted by Gasteiger charge is -2.15. The van der Waals surface area contributed by atoms with E-state index >= 15 is 0 Å². The molecule has 0 unspecified atom stereocenters. The number of nitrogens with one attached hydrogen (secondary N) is 1. The summed E-state index contributed by atoms with van der Waals surface area (Å²) in [6.45, 7) is 0. The molecule has 0 aromatic heterocycles. The third kappa shape index (κ3) is 4.77. The molecule has 10 heteroatoms. The summed E-state index contributed by atoms with van der Waals surface area (Å²) in [6, 6.07) is 10.8. The van der Waals surface area contributed by atoms with E-state index in [0.29, 0.717) is 5.75 Å². The molecule has 150 valence electrons. The maximum absolute atomic E-state index is 12.9. The summed E-state index contributed by atoms with van der Waals surface area (Å²) in [6.07, 6.45) is -3.19. The highest BCUT2D eigenvalue weighted by atomic mass is 32.2. The summed E-state index contributed by atoms with van der Waals surface area (Å²) in [4.78, 5) is 25.0. The number of carbonyl (C=O) groups excluding carboxylic acids is 2. The van der Waals surface area contributed by atoms with Gasteiger partial charge in [-0.05, 0) is 60.3 Å². The molecule has 1 saturated heterocycles. The van der Waals surface area contributed by atoms with Crippen molar-refractivity contribution in [3.8, 4) is 5.75 Å². The van der Waals surface area contributed by atoms with Crippen molar-refractivity contribution < 1.29 is 27.5 Å². The fourth-order valence-electron chi connectivity index (χ4n) is 2.43. The van der Waals surface area contributed by atoms with E-state index in [1.54, 1.807) is 12.1 Å². The Morgan fingerprint density at radius 3 is 2.52 bits per heavy atom. The predicted octanol–water partition coefficient (Wildman–Crippen LogP) is 4.26. The number of carbonyl (C=O) groups is 2. The lowest BCUT2D eigenvalue weighted by Crippen LogP contribution is -2.44. The molecular formula is C19H13F3N2O3S2. The van der Waals surface area contributed by atoms with Gasteiger partial charge in [0.05, 0.1) is 17.6 Å². The molecule has 29 heavy (non-hydrogen) atoms. The van der Waals surface area contributed by atoms with Crippen LogP contribution in [0.15, 0.2) is 53.4 Å². The van der Waals surface area contributed by atoms with E-state index in [4.69, 9.17) is 17.0 Å². The van der Waals surface area contributed by atoms with E-state index in [-0.39, 0.29) is 20.4 Å². The molecule has 1 heterocycles. The average molecular weight is 438 g/mol. The molecule has 0 spiro atoms. The number of rotatable bonds is 4. The lowest BCUT2D eigenvalue weighted by molar-refractivity contribution is -0.137.